The van der Waals surface area contributed by atoms with Crippen molar-refractivity contribution in [2.24, 2.45) is 5.73 Å². The summed E-state index contributed by atoms with van der Waals surface area (Å²) >= 11 is 0. The maximum Gasteiger partial charge on any atom is 0.333 e. The lowest BCUT2D eigenvalue weighted by Crippen LogP contribution is -2.44. The van der Waals surface area contributed by atoms with Crippen LogP contribution in [0.5, 0.6) is 0 Å². The zero-order chi connectivity index (χ0) is 26.3. The van der Waals surface area contributed by atoms with Crippen LogP contribution in [0, 0.1) is 6.92 Å². The van der Waals surface area contributed by atoms with Crippen molar-refractivity contribution in [2.75, 3.05) is 25.1 Å². The summed E-state index contributed by atoms with van der Waals surface area (Å²) in [5.41, 5.74) is 6.70. The number of rotatable bonds is 6. The van der Waals surface area contributed by atoms with E-state index in [1.54, 1.807) is 11.5 Å². The van der Waals surface area contributed by atoms with E-state index in [4.69, 9.17) is 15.5 Å². The van der Waals surface area contributed by atoms with Crippen molar-refractivity contribution in [1.29, 1.82) is 0 Å². The van der Waals surface area contributed by atoms with Crippen LogP contribution in [-0.2, 0) is 29.2 Å². The number of nitrogens with two attached hydrogens (primary N) is 1. The molecule has 1 unspecified atom stereocenters. The summed E-state index contributed by atoms with van der Waals surface area (Å²) in [7, 11) is 1.25. The third-order valence-corrected chi connectivity index (χ3v) is 6.77. The van der Waals surface area contributed by atoms with E-state index < -0.39 is 17.2 Å². The van der Waals surface area contributed by atoms with E-state index in [2.05, 4.69) is 9.97 Å². The number of benzene rings is 1. The SMILES string of the molecule is CCn1c(N2CCCC(N)C2)nc2c1c(=O)n(Cc1nc(C)nc3ccccc13)c(=O)n2CC(=O)OC. The highest BCUT2D eigenvalue weighted by Gasteiger charge is 2.27. The Morgan fingerprint density at radius 1 is 1.14 bits per heavy atom. The lowest BCUT2D eigenvalue weighted by molar-refractivity contribution is -0.141. The van der Waals surface area contributed by atoms with Crippen molar-refractivity contribution >= 4 is 34.0 Å². The number of piperidine rings is 1. The van der Waals surface area contributed by atoms with E-state index in [0.717, 1.165) is 34.9 Å². The van der Waals surface area contributed by atoms with Crippen LogP contribution >= 0.6 is 0 Å². The number of hydrogen-bond acceptors (Lipinski definition) is 9. The van der Waals surface area contributed by atoms with Gasteiger partial charge in [0.15, 0.2) is 11.2 Å². The molecule has 1 aliphatic heterocycles. The second kappa shape index (κ2) is 9.77. The molecule has 0 spiro atoms. The summed E-state index contributed by atoms with van der Waals surface area (Å²) < 4.78 is 8.96. The van der Waals surface area contributed by atoms with Gasteiger partial charge in [-0.2, -0.15) is 4.98 Å². The highest BCUT2D eigenvalue weighted by Crippen LogP contribution is 2.23. The topological polar surface area (TPSA) is 143 Å². The maximum absolute atomic E-state index is 13.9. The van der Waals surface area contributed by atoms with E-state index in [0.29, 0.717) is 30.6 Å². The molecule has 3 aromatic heterocycles. The van der Waals surface area contributed by atoms with Gasteiger partial charge >= 0.3 is 11.7 Å². The number of esters is 1. The quantitative estimate of drug-likeness (QED) is 0.375. The third kappa shape index (κ3) is 4.37. The summed E-state index contributed by atoms with van der Waals surface area (Å²) in [6.45, 7) is 4.98. The van der Waals surface area contributed by atoms with Crippen molar-refractivity contribution in [3.63, 3.8) is 0 Å². The molecule has 2 N–H and O–H groups in total. The monoisotopic (exact) mass is 506 g/mol. The van der Waals surface area contributed by atoms with Crippen molar-refractivity contribution in [2.45, 2.75) is 52.4 Å². The minimum atomic E-state index is -0.661. The molecule has 0 bridgehead atoms. The molecule has 1 fully saturated rings. The fraction of sp³-hybridized carbons (Fsp3) is 0.440. The summed E-state index contributed by atoms with van der Waals surface area (Å²) in [6.07, 6.45) is 1.81. The van der Waals surface area contributed by atoms with Gasteiger partial charge in [-0.05, 0) is 32.8 Å². The van der Waals surface area contributed by atoms with Crippen molar-refractivity contribution < 1.29 is 9.53 Å². The third-order valence-electron chi connectivity index (χ3n) is 6.77. The lowest BCUT2D eigenvalue weighted by Gasteiger charge is -2.31. The Hall–Kier alpha value is -4.06. The van der Waals surface area contributed by atoms with Gasteiger partial charge in [-0.15, -0.1) is 0 Å². The fourth-order valence-corrected chi connectivity index (χ4v) is 5.03. The van der Waals surface area contributed by atoms with Crippen LogP contribution in [-0.4, -0.2) is 60.9 Å². The van der Waals surface area contributed by atoms with Crippen LogP contribution in [0.1, 0.15) is 31.3 Å². The molecule has 0 saturated carbocycles. The number of aryl methyl sites for hydroxylation is 2. The number of anilines is 1. The number of methoxy groups -OCH3 is 1. The van der Waals surface area contributed by atoms with Crippen LogP contribution in [0.2, 0.25) is 0 Å². The number of fused-ring (bicyclic) bond motifs is 2. The van der Waals surface area contributed by atoms with Crippen LogP contribution in [0.4, 0.5) is 5.95 Å². The molecular weight excluding hydrogens is 476 g/mol. The highest BCUT2D eigenvalue weighted by atomic mass is 16.5. The molecule has 4 heterocycles. The lowest BCUT2D eigenvalue weighted by atomic mass is 10.1. The Kier molecular flexibility index (Phi) is 6.50. The van der Waals surface area contributed by atoms with Gasteiger partial charge in [-0.1, -0.05) is 18.2 Å². The minimum Gasteiger partial charge on any atom is -0.468 e. The van der Waals surface area contributed by atoms with Crippen LogP contribution in [0.15, 0.2) is 33.9 Å². The molecule has 12 nitrogen and oxygen atoms in total. The van der Waals surface area contributed by atoms with E-state index in [1.165, 1.54) is 11.7 Å². The molecule has 0 aliphatic carbocycles. The van der Waals surface area contributed by atoms with Crippen molar-refractivity contribution in [3.8, 4) is 0 Å². The Labute approximate surface area is 212 Å². The van der Waals surface area contributed by atoms with E-state index in [-0.39, 0.29) is 30.3 Å². The predicted molar refractivity (Wildman–Crippen MR) is 139 cm³/mol. The van der Waals surface area contributed by atoms with Crippen LogP contribution < -0.4 is 21.9 Å². The van der Waals surface area contributed by atoms with Gasteiger partial charge in [0, 0.05) is 31.1 Å². The number of carbonyl (C=O) groups excluding carboxylic acids is 1. The number of nitrogens with zero attached hydrogens (tertiary/aromatic N) is 7. The summed E-state index contributed by atoms with van der Waals surface area (Å²) in [5.74, 6) is 0.466. The average molecular weight is 507 g/mol. The molecular formula is C25H30N8O4. The fourth-order valence-electron chi connectivity index (χ4n) is 5.03. The first-order valence-electron chi connectivity index (χ1n) is 12.4. The Morgan fingerprint density at radius 3 is 2.65 bits per heavy atom. The van der Waals surface area contributed by atoms with Gasteiger partial charge in [0.05, 0.1) is 24.9 Å². The zero-order valence-corrected chi connectivity index (χ0v) is 21.2. The first-order valence-corrected chi connectivity index (χ1v) is 12.4. The minimum absolute atomic E-state index is 0.0120. The van der Waals surface area contributed by atoms with Crippen LogP contribution in [0.3, 0.4) is 0 Å². The van der Waals surface area contributed by atoms with Gasteiger partial charge in [0.1, 0.15) is 12.4 Å². The Bertz CT molecular complexity index is 1620. The van der Waals surface area contributed by atoms with Gasteiger partial charge in [-0.3, -0.25) is 18.7 Å². The molecule has 194 valence electrons. The standard InChI is InChI=1S/C25H30N8O4/c1-4-31-21-22(29-24(31)30-11-7-8-16(26)12-30)32(14-20(34)37-3)25(36)33(23(21)35)13-19-17-9-5-6-10-18(17)27-15(2)28-19/h5-6,9-10,16H,4,7-8,11-14,26H2,1-3H3. The second-order valence-corrected chi connectivity index (χ2v) is 9.25. The first-order chi connectivity index (χ1) is 17.8. The Morgan fingerprint density at radius 2 is 1.92 bits per heavy atom. The molecule has 4 aromatic rings. The van der Waals surface area contributed by atoms with Gasteiger partial charge in [-0.25, -0.2) is 14.8 Å². The van der Waals surface area contributed by atoms with E-state index >= 15 is 0 Å². The summed E-state index contributed by atoms with van der Waals surface area (Å²) in [6, 6.07) is 7.43. The number of aromatic nitrogens is 6. The normalized spacial score (nSPS) is 16.0. The van der Waals surface area contributed by atoms with Crippen molar-refractivity contribution in [1.82, 2.24) is 28.7 Å². The van der Waals surface area contributed by atoms with Gasteiger partial charge in [0.25, 0.3) is 5.56 Å². The molecule has 5 rings (SSSR count). The Balaban J connectivity index is 1.76. The summed E-state index contributed by atoms with van der Waals surface area (Å²) in [5, 5.41) is 0.742. The number of imidazole rings is 1. The highest BCUT2D eigenvalue weighted by molar-refractivity contribution is 5.81. The molecule has 1 saturated heterocycles. The molecule has 0 radical (unpaired) electrons. The number of hydrogen-bond donors (Lipinski definition) is 1. The van der Waals surface area contributed by atoms with Crippen LogP contribution in [0.25, 0.3) is 22.1 Å². The van der Waals surface area contributed by atoms with E-state index in [1.807, 2.05) is 36.1 Å². The number of carbonyl (C=O) groups is 1. The van der Waals surface area contributed by atoms with Crippen molar-refractivity contribution in [3.05, 3.63) is 56.6 Å². The van der Waals surface area contributed by atoms with E-state index in [9.17, 15) is 14.4 Å². The molecule has 1 aliphatic rings. The molecule has 0 amide bonds. The number of ether oxygens (including phenoxy) is 1. The van der Waals surface area contributed by atoms with Gasteiger partial charge in [0.2, 0.25) is 5.95 Å². The largest absolute Gasteiger partial charge is 0.468 e. The average Bonchev–Trinajstić information content (AvgIpc) is 3.28. The first kappa shape index (κ1) is 24.6. The maximum atomic E-state index is 13.9. The predicted octanol–water partition coefficient (Wildman–Crippen LogP) is 0.780. The second-order valence-electron chi connectivity index (χ2n) is 9.25. The number of para-hydroxylation sites is 1. The molecule has 1 atom stereocenters. The zero-order valence-electron chi connectivity index (χ0n) is 21.2. The van der Waals surface area contributed by atoms with Gasteiger partial charge < -0.3 is 19.9 Å². The smallest absolute Gasteiger partial charge is 0.333 e. The molecule has 12 heteroatoms. The molecule has 1 aromatic carbocycles. The summed E-state index contributed by atoms with van der Waals surface area (Å²) in [4.78, 5) is 55.7. The molecule has 37 heavy (non-hydrogen) atoms.